The molecule has 0 bridgehead atoms. The van der Waals surface area contributed by atoms with E-state index >= 15 is 0 Å². The van der Waals surface area contributed by atoms with Gasteiger partial charge in [0.2, 0.25) is 15.9 Å². The maximum absolute atomic E-state index is 12.9. The summed E-state index contributed by atoms with van der Waals surface area (Å²) < 4.78 is 37.6. The van der Waals surface area contributed by atoms with E-state index in [1.165, 1.54) is 34.8 Å². The molecule has 0 radical (unpaired) electrons. The Morgan fingerprint density at radius 2 is 2.00 bits per heavy atom. The van der Waals surface area contributed by atoms with E-state index < -0.39 is 15.9 Å². The maximum atomic E-state index is 12.9. The van der Waals surface area contributed by atoms with Crippen molar-refractivity contribution in [3.05, 3.63) is 47.7 Å². The summed E-state index contributed by atoms with van der Waals surface area (Å²) >= 11 is 5.84. The number of anilines is 1. The molecule has 3 aromatic rings. The number of nitrogens with one attached hydrogen (secondary N) is 1. The minimum atomic E-state index is -3.71. The molecule has 1 aromatic carbocycles. The highest BCUT2D eigenvalue weighted by Gasteiger charge is 2.33. The van der Waals surface area contributed by atoms with Crippen molar-refractivity contribution < 1.29 is 22.0 Å². The number of furan rings is 1. The largest absolute Gasteiger partial charge is 0.459 e. The van der Waals surface area contributed by atoms with Gasteiger partial charge in [0.1, 0.15) is 0 Å². The number of sulfonamides is 1. The number of nitrogens with zero attached hydrogens (tertiary/aromatic N) is 3. The Balaban J connectivity index is 1.44. The standard InChI is InChI=1S/C18H17ClN4O5S/c19-13-5-7-14(8-6-13)29(25,26)23-9-1-3-12(11-23)16(24)20-18-22-21-17(28-18)15-4-2-10-27-15/h2,4-8,10,12H,1,3,9,11H2,(H,20,22,24). The molecule has 3 heterocycles. The number of carbonyl (C=O) groups is 1. The number of hydrogen-bond donors (Lipinski definition) is 1. The molecular formula is C18H17ClN4O5S. The summed E-state index contributed by atoms with van der Waals surface area (Å²) in [5, 5.41) is 10.6. The first-order valence-electron chi connectivity index (χ1n) is 8.87. The summed E-state index contributed by atoms with van der Waals surface area (Å²) in [6, 6.07) is 9.21. The van der Waals surface area contributed by atoms with Crippen LogP contribution in [-0.2, 0) is 14.8 Å². The number of benzene rings is 1. The molecule has 4 rings (SSSR count). The molecule has 1 N–H and O–H groups in total. The van der Waals surface area contributed by atoms with Crippen molar-refractivity contribution in [2.24, 2.45) is 5.92 Å². The van der Waals surface area contributed by atoms with Crippen LogP contribution in [-0.4, -0.2) is 41.9 Å². The van der Waals surface area contributed by atoms with Gasteiger partial charge in [0, 0.05) is 18.1 Å². The van der Waals surface area contributed by atoms with Crippen molar-refractivity contribution in [2.45, 2.75) is 17.7 Å². The Kier molecular flexibility index (Phi) is 5.39. The van der Waals surface area contributed by atoms with Crippen LogP contribution >= 0.6 is 11.6 Å². The van der Waals surface area contributed by atoms with Crippen molar-refractivity contribution in [1.29, 1.82) is 0 Å². The van der Waals surface area contributed by atoms with Gasteiger partial charge in [-0.05, 0) is 49.2 Å². The van der Waals surface area contributed by atoms with Gasteiger partial charge in [-0.3, -0.25) is 10.1 Å². The minimum Gasteiger partial charge on any atom is -0.459 e. The molecule has 9 nitrogen and oxygen atoms in total. The molecule has 2 aromatic heterocycles. The SMILES string of the molecule is O=C(Nc1nnc(-c2ccco2)o1)C1CCCN(S(=O)(=O)c2ccc(Cl)cc2)C1. The van der Waals surface area contributed by atoms with Crippen LogP contribution in [0.4, 0.5) is 6.01 Å². The van der Waals surface area contributed by atoms with E-state index in [1.807, 2.05) is 0 Å². The zero-order chi connectivity index (χ0) is 20.4. The molecular weight excluding hydrogens is 420 g/mol. The second-order valence-corrected chi connectivity index (χ2v) is 8.91. The molecule has 29 heavy (non-hydrogen) atoms. The highest BCUT2D eigenvalue weighted by Crippen LogP contribution is 2.26. The third kappa shape index (κ3) is 4.19. The van der Waals surface area contributed by atoms with E-state index in [0.29, 0.717) is 30.2 Å². The summed E-state index contributed by atoms with van der Waals surface area (Å²) in [7, 11) is -3.71. The summed E-state index contributed by atoms with van der Waals surface area (Å²) in [5.74, 6) is -0.391. The second kappa shape index (κ2) is 7.97. The highest BCUT2D eigenvalue weighted by molar-refractivity contribution is 7.89. The molecule has 152 valence electrons. The lowest BCUT2D eigenvalue weighted by molar-refractivity contribution is -0.121. The van der Waals surface area contributed by atoms with E-state index in [0.717, 1.165) is 0 Å². The van der Waals surface area contributed by atoms with E-state index in [4.69, 9.17) is 20.4 Å². The van der Waals surface area contributed by atoms with Crippen LogP contribution in [0.25, 0.3) is 11.7 Å². The predicted octanol–water partition coefficient (Wildman–Crippen LogP) is 3.02. The van der Waals surface area contributed by atoms with Crippen LogP contribution in [0.3, 0.4) is 0 Å². The molecule has 1 aliphatic heterocycles. The Labute approximate surface area is 171 Å². The zero-order valence-electron chi connectivity index (χ0n) is 15.1. The van der Waals surface area contributed by atoms with E-state index in [1.54, 1.807) is 12.1 Å². The number of carbonyl (C=O) groups excluding carboxylic acids is 1. The molecule has 1 amide bonds. The van der Waals surface area contributed by atoms with Crippen molar-refractivity contribution >= 4 is 33.5 Å². The average molecular weight is 437 g/mol. The van der Waals surface area contributed by atoms with Gasteiger partial charge in [-0.1, -0.05) is 16.7 Å². The summed E-state index contributed by atoms with van der Waals surface area (Å²) in [6.07, 6.45) is 2.58. The van der Waals surface area contributed by atoms with Gasteiger partial charge in [-0.2, -0.15) is 4.31 Å². The average Bonchev–Trinajstić information content (AvgIpc) is 3.40. The minimum absolute atomic E-state index is 0.0654. The fraction of sp³-hybridized carbons (Fsp3) is 0.278. The Morgan fingerprint density at radius 3 is 2.72 bits per heavy atom. The number of halogens is 1. The van der Waals surface area contributed by atoms with Gasteiger partial charge in [-0.15, -0.1) is 5.10 Å². The fourth-order valence-corrected chi connectivity index (χ4v) is 4.76. The number of rotatable bonds is 5. The van der Waals surface area contributed by atoms with Gasteiger partial charge in [0.25, 0.3) is 5.89 Å². The first-order chi connectivity index (χ1) is 13.9. The lowest BCUT2D eigenvalue weighted by Gasteiger charge is -2.30. The van der Waals surface area contributed by atoms with Crippen molar-refractivity contribution in [3.63, 3.8) is 0 Å². The predicted molar refractivity (Wildman–Crippen MR) is 104 cm³/mol. The van der Waals surface area contributed by atoms with Crippen LogP contribution in [0.15, 0.2) is 56.4 Å². The third-order valence-electron chi connectivity index (χ3n) is 4.59. The smallest absolute Gasteiger partial charge is 0.322 e. The molecule has 1 atom stereocenters. The number of amides is 1. The van der Waals surface area contributed by atoms with Crippen molar-refractivity contribution in [1.82, 2.24) is 14.5 Å². The Morgan fingerprint density at radius 1 is 1.21 bits per heavy atom. The van der Waals surface area contributed by atoms with Gasteiger partial charge in [-0.25, -0.2) is 8.42 Å². The van der Waals surface area contributed by atoms with Crippen molar-refractivity contribution in [3.8, 4) is 11.7 Å². The molecule has 1 aliphatic rings. The van der Waals surface area contributed by atoms with Gasteiger partial charge < -0.3 is 8.83 Å². The Hall–Kier alpha value is -2.69. The molecule has 1 fully saturated rings. The van der Waals surface area contributed by atoms with E-state index in [-0.39, 0.29) is 29.3 Å². The highest BCUT2D eigenvalue weighted by atomic mass is 35.5. The fourth-order valence-electron chi connectivity index (χ4n) is 3.11. The van der Waals surface area contributed by atoms with Crippen LogP contribution in [0.5, 0.6) is 0 Å². The van der Waals surface area contributed by atoms with Crippen LogP contribution in [0.2, 0.25) is 5.02 Å². The van der Waals surface area contributed by atoms with Gasteiger partial charge in [0.05, 0.1) is 17.1 Å². The number of piperidine rings is 1. The molecule has 0 aliphatic carbocycles. The Bertz CT molecular complexity index is 1100. The lowest BCUT2D eigenvalue weighted by Crippen LogP contribution is -2.43. The van der Waals surface area contributed by atoms with Crippen LogP contribution < -0.4 is 5.32 Å². The normalized spacial score (nSPS) is 17.9. The van der Waals surface area contributed by atoms with Crippen molar-refractivity contribution in [2.75, 3.05) is 18.4 Å². The quantitative estimate of drug-likeness (QED) is 0.652. The topological polar surface area (TPSA) is 119 Å². The van der Waals surface area contributed by atoms with Gasteiger partial charge in [0.15, 0.2) is 5.76 Å². The maximum Gasteiger partial charge on any atom is 0.322 e. The zero-order valence-corrected chi connectivity index (χ0v) is 16.7. The molecule has 1 saturated heterocycles. The van der Waals surface area contributed by atoms with E-state index in [9.17, 15) is 13.2 Å². The van der Waals surface area contributed by atoms with Gasteiger partial charge >= 0.3 is 6.01 Å². The first kappa shape index (κ1) is 19.6. The first-order valence-corrected chi connectivity index (χ1v) is 10.7. The van der Waals surface area contributed by atoms with E-state index in [2.05, 4.69) is 15.5 Å². The molecule has 0 spiro atoms. The number of hydrogen-bond acceptors (Lipinski definition) is 7. The second-order valence-electron chi connectivity index (χ2n) is 6.54. The third-order valence-corrected chi connectivity index (χ3v) is 6.72. The molecule has 1 unspecified atom stereocenters. The molecule has 0 saturated carbocycles. The monoisotopic (exact) mass is 436 g/mol. The lowest BCUT2D eigenvalue weighted by atomic mass is 9.99. The summed E-state index contributed by atoms with van der Waals surface area (Å²) in [4.78, 5) is 12.8. The summed E-state index contributed by atoms with van der Waals surface area (Å²) in [5.41, 5.74) is 0. The molecule has 11 heteroatoms. The van der Waals surface area contributed by atoms with Crippen LogP contribution in [0, 0.1) is 5.92 Å². The summed E-state index contributed by atoms with van der Waals surface area (Å²) in [6.45, 7) is 0.411. The number of aromatic nitrogens is 2. The van der Waals surface area contributed by atoms with Crippen LogP contribution in [0.1, 0.15) is 12.8 Å².